The van der Waals surface area contributed by atoms with Crippen molar-refractivity contribution >= 4 is 16.9 Å². The maximum atomic E-state index is 12.3. The lowest BCUT2D eigenvalue weighted by molar-refractivity contribution is -0.145. The quantitative estimate of drug-likeness (QED) is 0.894. The number of nitrogens with zero attached hydrogens (tertiary/aromatic N) is 3. The number of amides is 1. The largest absolute Gasteiger partial charge is 0.364 e. The van der Waals surface area contributed by atoms with Gasteiger partial charge in [0.15, 0.2) is 0 Å². The predicted octanol–water partition coefficient (Wildman–Crippen LogP) is 2.47. The van der Waals surface area contributed by atoms with E-state index >= 15 is 0 Å². The molecule has 2 saturated heterocycles. The number of imidazole rings is 1. The number of nitrogens with one attached hydrogen (secondary N) is 1. The number of fused-ring (bicyclic) bond motifs is 1. The molecule has 0 saturated carbocycles. The number of hydrogen-bond donors (Lipinski definition) is 1. The Hall–Kier alpha value is -1.92. The summed E-state index contributed by atoms with van der Waals surface area (Å²) in [6.07, 6.45) is 3.90. The zero-order valence-corrected chi connectivity index (χ0v) is 15.7. The molecule has 0 unspecified atom stereocenters. The highest BCUT2D eigenvalue weighted by Crippen LogP contribution is 2.24. The van der Waals surface area contributed by atoms with Crippen molar-refractivity contribution in [3.63, 3.8) is 0 Å². The minimum absolute atomic E-state index is 0.0814. The van der Waals surface area contributed by atoms with E-state index in [0.29, 0.717) is 18.7 Å². The van der Waals surface area contributed by atoms with Gasteiger partial charge < -0.3 is 14.6 Å². The Morgan fingerprint density at radius 1 is 1.35 bits per heavy atom. The smallest absolute Gasteiger partial charge is 0.248 e. The highest BCUT2D eigenvalue weighted by atomic mass is 16.5. The molecule has 2 aliphatic heterocycles. The fourth-order valence-corrected chi connectivity index (χ4v) is 4.10. The molecule has 140 valence electrons. The number of piperidine rings is 1. The molecule has 0 bridgehead atoms. The fraction of sp³-hybridized carbons (Fsp3) is 0.600. The van der Waals surface area contributed by atoms with Crippen LogP contribution in [0, 0.1) is 6.92 Å². The Morgan fingerprint density at radius 2 is 2.19 bits per heavy atom. The third-order valence-corrected chi connectivity index (χ3v) is 5.69. The molecule has 6 nitrogen and oxygen atoms in total. The summed E-state index contributed by atoms with van der Waals surface area (Å²) >= 11 is 0. The zero-order valence-electron chi connectivity index (χ0n) is 15.7. The van der Waals surface area contributed by atoms with Gasteiger partial charge in [-0.3, -0.25) is 9.69 Å². The van der Waals surface area contributed by atoms with Crippen LogP contribution in [0.1, 0.15) is 37.6 Å². The molecule has 0 spiro atoms. The third kappa shape index (κ3) is 3.62. The van der Waals surface area contributed by atoms with Crippen molar-refractivity contribution in [3.05, 3.63) is 29.6 Å². The van der Waals surface area contributed by atoms with Crippen LogP contribution >= 0.6 is 0 Å². The zero-order chi connectivity index (χ0) is 18.1. The molecule has 1 aromatic carbocycles. The van der Waals surface area contributed by atoms with Crippen molar-refractivity contribution in [3.8, 4) is 0 Å². The van der Waals surface area contributed by atoms with Crippen LogP contribution < -0.4 is 0 Å². The van der Waals surface area contributed by atoms with Crippen molar-refractivity contribution < 1.29 is 9.53 Å². The lowest BCUT2D eigenvalue weighted by Crippen LogP contribution is -2.64. The molecule has 2 fully saturated rings. The topological polar surface area (TPSA) is 61.5 Å². The third-order valence-electron chi connectivity index (χ3n) is 5.69. The molecule has 2 aliphatic rings. The molecule has 1 N–H and O–H groups in total. The number of aryl methyl sites for hydroxylation is 1. The van der Waals surface area contributed by atoms with E-state index in [-0.39, 0.29) is 12.5 Å². The summed E-state index contributed by atoms with van der Waals surface area (Å²) in [5.74, 6) is 0.847. The van der Waals surface area contributed by atoms with E-state index in [9.17, 15) is 4.79 Å². The number of ether oxygens (including phenoxy) is 1. The van der Waals surface area contributed by atoms with Crippen LogP contribution in [0.25, 0.3) is 11.0 Å². The maximum Gasteiger partial charge on any atom is 0.248 e. The number of rotatable bonds is 5. The average molecular weight is 356 g/mol. The Labute approximate surface area is 154 Å². The second-order valence-electron chi connectivity index (χ2n) is 7.73. The first-order valence-corrected chi connectivity index (χ1v) is 9.66. The minimum atomic E-state index is 0.0814. The first-order valence-electron chi connectivity index (χ1n) is 9.66. The van der Waals surface area contributed by atoms with E-state index in [1.807, 2.05) is 17.0 Å². The van der Waals surface area contributed by atoms with Gasteiger partial charge in [0.2, 0.25) is 5.91 Å². The number of H-pyrrole nitrogens is 1. The summed E-state index contributed by atoms with van der Waals surface area (Å²) in [7, 11) is 0. The van der Waals surface area contributed by atoms with Gasteiger partial charge in [0.05, 0.1) is 11.0 Å². The number of carbonyl (C=O) groups is 1. The molecule has 26 heavy (non-hydrogen) atoms. The number of hydrogen-bond acceptors (Lipinski definition) is 4. The van der Waals surface area contributed by atoms with Crippen molar-refractivity contribution in [1.82, 2.24) is 19.8 Å². The second kappa shape index (κ2) is 7.37. The van der Waals surface area contributed by atoms with E-state index < -0.39 is 0 Å². The van der Waals surface area contributed by atoms with Crippen molar-refractivity contribution in [2.45, 2.75) is 51.8 Å². The van der Waals surface area contributed by atoms with Crippen LogP contribution in [0.3, 0.4) is 0 Å². The Morgan fingerprint density at radius 3 is 3.00 bits per heavy atom. The van der Waals surface area contributed by atoms with Crippen LogP contribution in [0.5, 0.6) is 0 Å². The van der Waals surface area contributed by atoms with E-state index in [0.717, 1.165) is 29.9 Å². The molecule has 0 aliphatic carbocycles. The summed E-state index contributed by atoms with van der Waals surface area (Å²) in [6, 6.07) is 7.30. The molecule has 6 heteroatoms. The first-order chi connectivity index (χ1) is 12.6. The molecular formula is C20H28N4O2. The lowest BCUT2D eigenvalue weighted by atomic mass is 9.97. The highest BCUT2D eigenvalue weighted by Gasteiger charge is 2.37. The van der Waals surface area contributed by atoms with Gasteiger partial charge in [0.1, 0.15) is 19.0 Å². The number of aromatic nitrogens is 2. The van der Waals surface area contributed by atoms with Gasteiger partial charge in [-0.05, 0) is 50.9 Å². The summed E-state index contributed by atoms with van der Waals surface area (Å²) in [4.78, 5) is 24.5. The van der Waals surface area contributed by atoms with Gasteiger partial charge in [-0.2, -0.15) is 0 Å². The maximum absolute atomic E-state index is 12.3. The monoisotopic (exact) mass is 356 g/mol. The Bertz CT molecular complexity index is 781. The van der Waals surface area contributed by atoms with Crippen molar-refractivity contribution in [1.29, 1.82) is 0 Å². The SMILES string of the molecule is Cc1ccc2nc(COCC(=O)N3CC(N4CCCC[C@H]4C)C3)[nH]c2c1. The molecule has 2 aromatic rings. The van der Waals surface area contributed by atoms with Gasteiger partial charge in [-0.15, -0.1) is 0 Å². The van der Waals surface area contributed by atoms with E-state index in [2.05, 4.69) is 34.8 Å². The molecule has 1 atom stereocenters. The average Bonchev–Trinajstić information content (AvgIpc) is 2.97. The summed E-state index contributed by atoms with van der Waals surface area (Å²) in [6.45, 7) is 7.68. The van der Waals surface area contributed by atoms with Crippen LogP contribution in [0.4, 0.5) is 0 Å². The molecule has 1 aromatic heterocycles. The van der Waals surface area contributed by atoms with Crippen molar-refractivity contribution in [2.75, 3.05) is 26.2 Å². The number of aromatic amines is 1. The van der Waals surface area contributed by atoms with Crippen LogP contribution in [0.2, 0.25) is 0 Å². The molecule has 0 radical (unpaired) electrons. The normalized spacial score (nSPS) is 21.9. The predicted molar refractivity (Wildman–Crippen MR) is 101 cm³/mol. The Balaban J connectivity index is 1.22. The van der Waals surface area contributed by atoms with Crippen LogP contribution in [0.15, 0.2) is 18.2 Å². The second-order valence-corrected chi connectivity index (χ2v) is 7.73. The number of benzene rings is 1. The fourth-order valence-electron chi connectivity index (χ4n) is 4.10. The van der Waals surface area contributed by atoms with Gasteiger partial charge in [-0.25, -0.2) is 4.98 Å². The molecule has 4 rings (SSSR count). The Kier molecular flexibility index (Phi) is 4.96. The van der Waals surface area contributed by atoms with E-state index in [4.69, 9.17) is 4.74 Å². The standard InChI is InChI=1S/C20H28N4O2/c1-14-6-7-17-18(9-14)22-19(21-17)12-26-13-20(25)23-10-16(11-23)24-8-4-3-5-15(24)2/h6-7,9,15-16H,3-5,8,10-13H2,1-2H3,(H,21,22)/t15-/m1/s1. The lowest BCUT2D eigenvalue weighted by Gasteiger charge is -2.49. The van der Waals surface area contributed by atoms with Gasteiger partial charge in [-0.1, -0.05) is 12.5 Å². The van der Waals surface area contributed by atoms with E-state index in [1.54, 1.807) is 0 Å². The molecular weight excluding hydrogens is 328 g/mol. The van der Waals surface area contributed by atoms with E-state index in [1.165, 1.54) is 31.4 Å². The van der Waals surface area contributed by atoms with Gasteiger partial charge in [0, 0.05) is 25.2 Å². The molecule has 1 amide bonds. The van der Waals surface area contributed by atoms with Gasteiger partial charge >= 0.3 is 0 Å². The first kappa shape index (κ1) is 17.5. The van der Waals surface area contributed by atoms with Gasteiger partial charge in [0.25, 0.3) is 0 Å². The highest BCUT2D eigenvalue weighted by molar-refractivity contribution is 5.78. The number of carbonyl (C=O) groups excluding carboxylic acids is 1. The van der Waals surface area contributed by atoms with Crippen molar-refractivity contribution in [2.24, 2.45) is 0 Å². The molecule has 3 heterocycles. The summed E-state index contributed by atoms with van der Waals surface area (Å²) in [5.41, 5.74) is 3.14. The van der Waals surface area contributed by atoms with Crippen LogP contribution in [-0.2, 0) is 16.1 Å². The van der Waals surface area contributed by atoms with Crippen LogP contribution in [-0.4, -0.2) is 64.0 Å². The number of likely N-dealkylation sites (tertiary alicyclic amines) is 2. The summed E-state index contributed by atoms with van der Waals surface area (Å²) < 4.78 is 5.60. The summed E-state index contributed by atoms with van der Waals surface area (Å²) in [5, 5.41) is 0. The minimum Gasteiger partial charge on any atom is -0.364 e.